The molecule has 2 saturated heterocycles. The Labute approximate surface area is 71.0 Å². The molecule has 0 amide bonds. The van der Waals surface area contributed by atoms with Crippen LogP contribution in [-0.2, 0) is 9.47 Å². The molecule has 0 spiro atoms. The molecular weight excluding hydrogens is 162 g/mol. The van der Waals surface area contributed by atoms with Gasteiger partial charge in [-0.05, 0) is 6.42 Å². The first-order valence-corrected chi connectivity index (χ1v) is 5.02. The highest BCUT2D eigenvalue weighted by molar-refractivity contribution is 7.97. The van der Waals surface area contributed by atoms with Crippen molar-refractivity contribution in [1.82, 2.24) is 4.72 Å². The average Bonchev–Trinajstić information content (AvgIpc) is 2.58. The lowest BCUT2D eigenvalue weighted by Gasteiger charge is -2.27. The predicted molar refractivity (Wildman–Crippen MR) is 44.6 cm³/mol. The first kappa shape index (κ1) is 7.86. The Morgan fingerprint density at radius 3 is 3.00 bits per heavy atom. The molecule has 2 aliphatic rings. The van der Waals surface area contributed by atoms with Gasteiger partial charge < -0.3 is 9.47 Å². The molecule has 0 saturated carbocycles. The minimum atomic E-state index is 0.291. The van der Waals surface area contributed by atoms with Gasteiger partial charge in [-0.15, -0.1) is 0 Å². The van der Waals surface area contributed by atoms with E-state index in [1.54, 1.807) is 11.9 Å². The van der Waals surface area contributed by atoms with E-state index in [0.717, 1.165) is 19.8 Å². The maximum Gasteiger partial charge on any atom is 0.0971 e. The standard InChI is InChI=1S/C7H13NO2S/c1-4-11-8-6(1)7-5-9-2-3-10-7/h6-8H,1-5H2. The summed E-state index contributed by atoms with van der Waals surface area (Å²) in [5.41, 5.74) is 0. The molecule has 3 nitrogen and oxygen atoms in total. The van der Waals surface area contributed by atoms with E-state index < -0.39 is 0 Å². The summed E-state index contributed by atoms with van der Waals surface area (Å²) in [5, 5.41) is 0. The zero-order valence-corrected chi connectivity index (χ0v) is 7.23. The van der Waals surface area contributed by atoms with Crippen molar-refractivity contribution in [2.45, 2.75) is 18.6 Å². The van der Waals surface area contributed by atoms with Crippen LogP contribution >= 0.6 is 11.9 Å². The zero-order valence-electron chi connectivity index (χ0n) is 6.41. The molecule has 4 heteroatoms. The van der Waals surface area contributed by atoms with Gasteiger partial charge in [-0.1, -0.05) is 11.9 Å². The van der Waals surface area contributed by atoms with Gasteiger partial charge in [0.2, 0.25) is 0 Å². The third-order valence-electron chi connectivity index (χ3n) is 2.06. The molecular formula is C7H13NO2S. The van der Waals surface area contributed by atoms with Crippen LogP contribution in [0.1, 0.15) is 6.42 Å². The van der Waals surface area contributed by atoms with Crippen molar-refractivity contribution < 1.29 is 9.47 Å². The largest absolute Gasteiger partial charge is 0.376 e. The Morgan fingerprint density at radius 1 is 1.36 bits per heavy atom. The van der Waals surface area contributed by atoms with Crippen molar-refractivity contribution in [1.29, 1.82) is 0 Å². The topological polar surface area (TPSA) is 30.5 Å². The van der Waals surface area contributed by atoms with Gasteiger partial charge in [0, 0.05) is 11.8 Å². The molecule has 0 aromatic heterocycles. The first-order chi connectivity index (χ1) is 5.47. The van der Waals surface area contributed by atoms with Gasteiger partial charge in [0.25, 0.3) is 0 Å². The third-order valence-corrected chi connectivity index (χ3v) is 2.97. The summed E-state index contributed by atoms with van der Waals surface area (Å²) in [6.45, 7) is 2.28. The van der Waals surface area contributed by atoms with Crippen molar-refractivity contribution in [3.05, 3.63) is 0 Å². The highest BCUT2D eigenvalue weighted by Gasteiger charge is 2.27. The SMILES string of the molecule is C1COC(C2CCSN2)CO1. The second kappa shape index (κ2) is 3.76. The fraction of sp³-hybridized carbons (Fsp3) is 1.00. The molecule has 2 heterocycles. The van der Waals surface area contributed by atoms with Gasteiger partial charge in [-0.2, -0.15) is 0 Å². The van der Waals surface area contributed by atoms with Crippen molar-refractivity contribution in [3.8, 4) is 0 Å². The molecule has 2 fully saturated rings. The van der Waals surface area contributed by atoms with E-state index in [4.69, 9.17) is 9.47 Å². The van der Waals surface area contributed by atoms with E-state index in [2.05, 4.69) is 4.72 Å². The van der Waals surface area contributed by atoms with Gasteiger partial charge in [-0.3, -0.25) is 4.72 Å². The Kier molecular flexibility index (Phi) is 2.68. The van der Waals surface area contributed by atoms with E-state index in [1.165, 1.54) is 12.2 Å². The summed E-state index contributed by atoms with van der Waals surface area (Å²) >= 11 is 1.79. The second-order valence-electron chi connectivity index (χ2n) is 2.85. The van der Waals surface area contributed by atoms with Crippen LogP contribution in [0.5, 0.6) is 0 Å². The highest BCUT2D eigenvalue weighted by Crippen LogP contribution is 2.19. The van der Waals surface area contributed by atoms with Crippen molar-refractivity contribution in [2.75, 3.05) is 25.6 Å². The van der Waals surface area contributed by atoms with Crippen LogP contribution in [0.25, 0.3) is 0 Å². The van der Waals surface area contributed by atoms with E-state index in [0.29, 0.717) is 12.1 Å². The van der Waals surface area contributed by atoms with Gasteiger partial charge in [-0.25, -0.2) is 0 Å². The lowest BCUT2D eigenvalue weighted by atomic mass is 10.1. The summed E-state index contributed by atoms with van der Waals surface area (Å²) in [7, 11) is 0. The minimum Gasteiger partial charge on any atom is -0.376 e. The normalized spacial score (nSPS) is 39.3. The minimum absolute atomic E-state index is 0.291. The van der Waals surface area contributed by atoms with Crippen LogP contribution in [0, 0.1) is 0 Å². The average molecular weight is 175 g/mol. The molecule has 0 radical (unpaired) electrons. The molecule has 0 bridgehead atoms. The van der Waals surface area contributed by atoms with Crippen LogP contribution in [0.3, 0.4) is 0 Å². The fourth-order valence-corrected chi connectivity index (χ4v) is 2.38. The van der Waals surface area contributed by atoms with Crippen molar-refractivity contribution in [3.63, 3.8) is 0 Å². The lowest BCUT2D eigenvalue weighted by Crippen LogP contribution is -2.42. The van der Waals surface area contributed by atoms with Gasteiger partial charge in [0.1, 0.15) is 0 Å². The van der Waals surface area contributed by atoms with Crippen LogP contribution in [0.4, 0.5) is 0 Å². The van der Waals surface area contributed by atoms with E-state index >= 15 is 0 Å². The number of hydrogen-bond acceptors (Lipinski definition) is 4. The molecule has 2 aliphatic heterocycles. The van der Waals surface area contributed by atoms with Crippen molar-refractivity contribution in [2.24, 2.45) is 0 Å². The first-order valence-electron chi connectivity index (χ1n) is 4.03. The molecule has 0 aromatic carbocycles. The van der Waals surface area contributed by atoms with Crippen LogP contribution < -0.4 is 4.72 Å². The Balaban J connectivity index is 1.82. The molecule has 0 aromatic rings. The van der Waals surface area contributed by atoms with Gasteiger partial charge >= 0.3 is 0 Å². The van der Waals surface area contributed by atoms with Crippen LogP contribution in [-0.4, -0.2) is 37.7 Å². The molecule has 11 heavy (non-hydrogen) atoms. The Hall–Kier alpha value is 0.230. The quantitative estimate of drug-likeness (QED) is 0.585. The van der Waals surface area contributed by atoms with E-state index in [1.807, 2.05) is 0 Å². The van der Waals surface area contributed by atoms with E-state index in [9.17, 15) is 0 Å². The Bertz CT molecular complexity index is 122. The van der Waals surface area contributed by atoms with Crippen LogP contribution in [0.2, 0.25) is 0 Å². The third kappa shape index (κ3) is 1.87. The summed E-state index contributed by atoms with van der Waals surface area (Å²) in [5.74, 6) is 1.20. The maximum absolute atomic E-state index is 5.56. The van der Waals surface area contributed by atoms with Crippen molar-refractivity contribution >= 4 is 11.9 Å². The van der Waals surface area contributed by atoms with Gasteiger partial charge in [0.05, 0.1) is 25.9 Å². The fourth-order valence-electron chi connectivity index (χ4n) is 1.41. The summed E-state index contributed by atoms with van der Waals surface area (Å²) in [4.78, 5) is 0. The number of rotatable bonds is 1. The monoisotopic (exact) mass is 175 g/mol. The highest BCUT2D eigenvalue weighted by atomic mass is 32.2. The predicted octanol–water partition coefficient (Wildman–Crippen LogP) is 0.412. The number of hydrogen-bond donors (Lipinski definition) is 1. The zero-order chi connectivity index (χ0) is 7.52. The summed E-state index contributed by atoms with van der Waals surface area (Å²) in [6.07, 6.45) is 1.50. The molecule has 1 N–H and O–H groups in total. The molecule has 0 aliphatic carbocycles. The van der Waals surface area contributed by atoms with Crippen LogP contribution in [0.15, 0.2) is 0 Å². The molecule has 2 unspecified atom stereocenters. The number of ether oxygens (including phenoxy) is 2. The Morgan fingerprint density at radius 2 is 2.36 bits per heavy atom. The molecule has 2 atom stereocenters. The molecule has 2 rings (SSSR count). The lowest BCUT2D eigenvalue weighted by molar-refractivity contribution is -0.0979. The maximum atomic E-state index is 5.56. The van der Waals surface area contributed by atoms with Gasteiger partial charge in [0.15, 0.2) is 0 Å². The smallest absolute Gasteiger partial charge is 0.0971 e. The summed E-state index contributed by atoms with van der Waals surface area (Å²) in [6, 6.07) is 0.514. The molecule has 64 valence electrons. The second-order valence-corrected chi connectivity index (χ2v) is 3.78. The van der Waals surface area contributed by atoms with E-state index in [-0.39, 0.29) is 0 Å². The summed E-state index contributed by atoms with van der Waals surface area (Å²) < 4.78 is 14.2. The number of nitrogens with one attached hydrogen (secondary N) is 1.